The van der Waals surface area contributed by atoms with Gasteiger partial charge in [-0.25, -0.2) is 0 Å². The molecule has 0 radical (unpaired) electrons. The zero-order chi connectivity index (χ0) is 15.2. The van der Waals surface area contributed by atoms with E-state index in [9.17, 15) is 9.59 Å². The Morgan fingerprint density at radius 3 is 2.67 bits per heavy atom. The third kappa shape index (κ3) is 3.64. The summed E-state index contributed by atoms with van der Waals surface area (Å²) < 4.78 is 5.16. The van der Waals surface area contributed by atoms with E-state index in [4.69, 9.17) is 16.0 Å². The minimum Gasteiger partial charge on any atom is -0.467 e. The molecule has 21 heavy (non-hydrogen) atoms. The van der Waals surface area contributed by atoms with E-state index in [0.717, 1.165) is 0 Å². The van der Waals surface area contributed by atoms with Gasteiger partial charge in [0.2, 0.25) is 5.91 Å². The molecule has 0 aliphatic heterocycles. The number of nitrogens with zero attached hydrogens (tertiary/aromatic N) is 1. The number of furan rings is 1. The van der Waals surface area contributed by atoms with Gasteiger partial charge in [-0.05, 0) is 24.3 Å². The summed E-state index contributed by atoms with van der Waals surface area (Å²) in [5, 5.41) is 2.75. The molecule has 0 bridgehead atoms. The van der Waals surface area contributed by atoms with Crippen molar-refractivity contribution in [1.29, 1.82) is 0 Å². The predicted molar refractivity (Wildman–Crippen MR) is 80.5 cm³/mol. The molecule has 2 rings (SSSR count). The van der Waals surface area contributed by atoms with Gasteiger partial charge in [0.1, 0.15) is 11.6 Å². The summed E-state index contributed by atoms with van der Waals surface area (Å²) in [6.07, 6.45) is 1.54. The van der Waals surface area contributed by atoms with Crippen molar-refractivity contribution in [3.05, 3.63) is 54.0 Å². The SMILES string of the molecule is CN(C(=O)CCl)c1ccccc1C(=O)NCc1ccco1. The van der Waals surface area contributed by atoms with E-state index >= 15 is 0 Å². The highest BCUT2D eigenvalue weighted by molar-refractivity contribution is 6.29. The summed E-state index contributed by atoms with van der Waals surface area (Å²) in [6.45, 7) is 0.285. The molecule has 2 aromatic rings. The number of alkyl halides is 1. The second-order valence-electron chi connectivity index (χ2n) is 4.37. The summed E-state index contributed by atoms with van der Waals surface area (Å²) in [7, 11) is 1.59. The van der Waals surface area contributed by atoms with Gasteiger partial charge in [-0.2, -0.15) is 0 Å². The molecule has 0 spiro atoms. The molecule has 110 valence electrons. The van der Waals surface area contributed by atoms with Gasteiger partial charge in [0.25, 0.3) is 5.91 Å². The van der Waals surface area contributed by atoms with E-state index in [0.29, 0.717) is 17.0 Å². The van der Waals surface area contributed by atoms with Crippen LogP contribution >= 0.6 is 11.6 Å². The number of hydrogen-bond acceptors (Lipinski definition) is 3. The second-order valence-corrected chi connectivity index (χ2v) is 4.63. The summed E-state index contributed by atoms with van der Waals surface area (Å²) >= 11 is 5.55. The zero-order valence-corrected chi connectivity index (χ0v) is 12.3. The van der Waals surface area contributed by atoms with E-state index in [-0.39, 0.29) is 24.2 Å². The number of halogens is 1. The number of benzene rings is 1. The number of hydrogen-bond donors (Lipinski definition) is 1. The van der Waals surface area contributed by atoms with Gasteiger partial charge in [0.15, 0.2) is 0 Å². The van der Waals surface area contributed by atoms with Crippen molar-refractivity contribution in [3.8, 4) is 0 Å². The van der Waals surface area contributed by atoms with E-state index in [1.165, 1.54) is 4.90 Å². The van der Waals surface area contributed by atoms with Crippen molar-refractivity contribution in [2.75, 3.05) is 17.8 Å². The summed E-state index contributed by atoms with van der Waals surface area (Å²) in [5.41, 5.74) is 0.921. The van der Waals surface area contributed by atoms with Crippen molar-refractivity contribution in [2.24, 2.45) is 0 Å². The van der Waals surface area contributed by atoms with Crippen LogP contribution in [0.5, 0.6) is 0 Å². The molecule has 5 nitrogen and oxygen atoms in total. The highest BCUT2D eigenvalue weighted by Gasteiger charge is 2.17. The Hall–Kier alpha value is -2.27. The van der Waals surface area contributed by atoms with Crippen LogP contribution in [0.25, 0.3) is 0 Å². The van der Waals surface area contributed by atoms with Gasteiger partial charge in [-0.3, -0.25) is 9.59 Å². The van der Waals surface area contributed by atoms with Gasteiger partial charge in [-0.1, -0.05) is 12.1 Å². The van der Waals surface area contributed by atoms with Crippen LogP contribution in [0.1, 0.15) is 16.1 Å². The number of anilines is 1. The minimum absolute atomic E-state index is 0.140. The summed E-state index contributed by atoms with van der Waals surface area (Å²) in [5.74, 6) is -0.0380. The van der Waals surface area contributed by atoms with E-state index in [1.807, 2.05) is 0 Å². The van der Waals surface area contributed by atoms with Crippen LogP contribution in [0, 0.1) is 0 Å². The first-order chi connectivity index (χ1) is 10.1. The van der Waals surface area contributed by atoms with Gasteiger partial charge >= 0.3 is 0 Å². The molecule has 1 N–H and O–H groups in total. The van der Waals surface area contributed by atoms with E-state index in [1.54, 1.807) is 49.7 Å². The largest absolute Gasteiger partial charge is 0.467 e. The molecule has 6 heteroatoms. The van der Waals surface area contributed by atoms with Crippen molar-refractivity contribution >= 4 is 29.1 Å². The molecule has 0 saturated heterocycles. The number of carbonyl (C=O) groups excluding carboxylic acids is 2. The lowest BCUT2D eigenvalue weighted by atomic mass is 10.1. The highest BCUT2D eigenvalue weighted by Crippen LogP contribution is 2.19. The molecular weight excluding hydrogens is 292 g/mol. The van der Waals surface area contributed by atoms with Crippen molar-refractivity contribution in [1.82, 2.24) is 5.32 Å². The molecule has 0 aliphatic carbocycles. The molecule has 0 aliphatic rings. The molecule has 0 atom stereocenters. The minimum atomic E-state index is -0.281. The van der Waals surface area contributed by atoms with Crippen LogP contribution in [-0.2, 0) is 11.3 Å². The monoisotopic (exact) mass is 306 g/mol. The molecule has 0 fully saturated rings. The maximum atomic E-state index is 12.3. The Kier molecular flexibility index (Phi) is 5.00. The van der Waals surface area contributed by atoms with E-state index < -0.39 is 0 Å². The Bertz CT molecular complexity index is 626. The maximum absolute atomic E-state index is 12.3. The maximum Gasteiger partial charge on any atom is 0.253 e. The fourth-order valence-corrected chi connectivity index (χ4v) is 2.04. The normalized spacial score (nSPS) is 10.2. The molecule has 2 amide bonds. The third-order valence-electron chi connectivity index (χ3n) is 3.00. The van der Waals surface area contributed by atoms with Crippen LogP contribution < -0.4 is 10.2 Å². The lowest BCUT2D eigenvalue weighted by Gasteiger charge is -2.19. The number of nitrogens with one attached hydrogen (secondary N) is 1. The Morgan fingerprint density at radius 1 is 1.24 bits per heavy atom. The van der Waals surface area contributed by atoms with E-state index in [2.05, 4.69) is 5.32 Å². The number of carbonyl (C=O) groups is 2. The van der Waals surface area contributed by atoms with Gasteiger partial charge in [0.05, 0.1) is 24.1 Å². The molecule has 0 unspecified atom stereocenters. The predicted octanol–water partition coefficient (Wildman–Crippen LogP) is 2.41. The first-order valence-corrected chi connectivity index (χ1v) is 6.89. The quantitative estimate of drug-likeness (QED) is 0.863. The number of amides is 2. The van der Waals surface area contributed by atoms with Crippen LogP contribution in [0.4, 0.5) is 5.69 Å². The lowest BCUT2D eigenvalue weighted by molar-refractivity contribution is -0.116. The zero-order valence-electron chi connectivity index (χ0n) is 11.5. The smallest absolute Gasteiger partial charge is 0.253 e. The lowest BCUT2D eigenvalue weighted by Crippen LogP contribution is -2.31. The Labute approximate surface area is 127 Å². The summed E-state index contributed by atoms with van der Waals surface area (Å²) in [4.78, 5) is 25.3. The van der Waals surface area contributed by atoms with Gasteiger partial charge in [-0.15, -0.1) is 11.6 Å². The van der Waals surface area contributed by atoms with Gasteiger partial charge in [0, 0.05) is 7.05 Å². The standard InChI is InChI=1S/C15H15ClN2O3/c1-18(14(19)9-16)13-7-3-2-6-12(13)15(20)17-10-11-5-4-8-21-11/h2-8H,9-10H2,1H3,(H,17,20). The number of rotatable bonds is 5. The third-order valence-corrected chi connectivity index (χ3v) is 3.23. The van der Waals surface area contributed by atoms with Crippen molar-refractivity contribution in [3.63, 3.8) is 0 Å². The molecule has 0 saturated carbocycles. The molecule has 1 aromatic heterocycles. The Balaban J connectivity index is 2.15. The van der Waals surface area contributed by atoms with Crippen LogP contribution in [0.15, 0.2) is 47.1 Å². The van der Waals surface area contributed by atoms with Crippen LogP contribution in [0.3, 0.4) is 0 Å². The molecular formula is C15H15ClN2O3. The average molecular weight is 307 g/mol. The van der Waals surface area contributed by atoms with Crippen molar-refractivity contribution in [2.45, 2.75) is 6.54 Å². The van der Waals surface area contributed by atoms with Crippen LogP contribution in [0.2, 0.25) is 0 Å². The van der Waals surface area contributed by atoms with Crippen LogP contribution in [-0.4, -0.2) is 24.7 Å². The van der Waals surface area contributed by atoms with Gasteiger partial charge < -0.3 is 14.6 Å². The number of para-hydroxylation sites is 1. The first-order valence-electron chi connectivity index (χ1n) is 6.35. The molecule has 1 aromatic carbocycles. The topological polar surface area (TPSA) is 62.6 Å². The highest BCUT2D eigenvalue weighted by atomic mass is 35.5. The average Bonchev–Trinajstić information content (AvgIpc) is 3.04. The second kappa shape index (κ2) is 6.95. The fourth-order valence-electron chi connectivity index (χ4n) is 1.86. The molecule has 1 heterocycles. The first kappa shape index (κ1) is 15.1. The summed E-state index contributed by atoms with van der Waals surface area (Å²) in [6, 6.07) is 10.4. The van der Waals surface area contributed by atoms with Crippen molar-refractivity contribution < 1.29 is 14.0 Å². The Morgan fingerprint density at radius 2 is 2.00 bits per heavy atom. The fraction of sp³-hybridized carbons (Fsp3) is 0.200.